The quantitative estimate of drug-likeness (QED) is 0.830. The monoisotopic (exact) mass is 277 g/mol. The molecule has 1 N–H and O–H groups in total. The molecule has 0 saturated heterocycles. The minimum atomic E-state index is 0.478. The molecule has 1 aromatic carbocycles. The lowest BCUT2D eigenvalue weighted by atomic mass is 9.70. The number of nitrogens with one attached hydrogen (secondary N) is 1. The average Bonchev–Trinajstić information content (AvgIpc) is 3.22. The highest BCUT2D eigenvalue weighted by molar-refractivity contribution is 6.30. The maximum absolute atomic E-state index is 6.13. The Morgan fingerprint density at radius 3 is 2.63 bits per heavy atom. The summed E-state index contributed by atoms with van der Waals surface area (Å²) in [6.45, 7) is 1.20. The molecule has 2 aliphatic carbocycles. The van der Waals surface area contributed by atoms with Crippen LogP contribution < -0.4 is 5.32 Å². The van der Waals surface area contributed by atoms with Gasteiger partial charge in [-0.2, -0.15) is 0 Å². The van der Waals surface area contributed by atoms with Gasteiger partial charge >= 0.3 is 0 Å². The van der Waals surface area contributed by atoms with Gasteiger partial charge in [0.2, 0.25) is 0 Å². The van der Waals surface area contributed by atoms with Crippen LogP contribution in [0.4, 0.5) is 0 Å². The number of hydrogen-bond donors (Lipinski definition) is 1. The first-order valence-electron chi connectivity index (χ1n) is 7.74. The van der Waals surface area contributed by atoms with E-state index < -0.39 is 0 Å². The normalized spacial score (nSPS) is 22.4. The van der Waals surface area contributed by atoms with E-state index in [1.165, 1.54) is 63.5 Å². The molecule has 3 rings (SSSR count). The van der Waals surface area contributed by atoms with Crippen molar-refractivity contribution < 1.29 is 0 Å². The van der Waals surface area contributed by atoms with Crippen molar-refractivity contribution in [3.8, 4) is 0 Å². The summed E-state index contributed by atoms with van der Waals surface area (Å²) in [6, 6.07) is 9.26. The lowest BCUT2D eigenvalue weighted by molar-refractivity contribution is 0.180. The molecule has 2 aliphatic rings. The molecular weight excluding hydrogens is 254 g/mol. The Labute approximate surface area is 121 Å². The van der Waals surface area contributed by atoms with Crippen molar-refractivity contribution in [1.29, 1.82) is 0 Å². The van der Waals surface area contributed by atoms with Gasteiger partial charge in [-0.25, -0.2) is 0 Å². The standard InChI is InChI=1S/C17H24ClN/c18-15-6-4-5-14(11-15)12-17(9-2-1-3-10-17)13-19-16-7-8-16/h4-6,11,16,19H,1-3,7-10,12-13H2. The van der Waals surface area contributed by atoms with Gasteiger partial charge in [0.1, 0.15) is 0 Å². The maximum atomic E-state index is 6.13. The van der Waals surface area contributed by atoms with E-state index in [4.69, 9.17) is 11.6 Å². The summed E-state index contributed by atoms with van der Waals surface area (Å²) >= 11 is 6.13. The van der Waals surface area contributed by atoms with Crippen LogP contribution in [0.15, 0.2) is 24.3 Å². The fourth-order valence-electron chi connectivity index (χ4n) is 3.45. The highest BCUT2D eigenvalue weighted by Gasteiger charge is 2.34. The lowest BCUT2D eigenvalue weighted by Crippen LogP contribution is -2.38. The summed E-state index contributed by atoms with van der Waals surface area (Å²) in [5.74, 6) is 0. The predicted octanol–water partition coefficient (Wildman–Crippen LogP) is 4.59. The molecule has 0 unspecified atom stereocenters. The van der Waals surface area contributed by atoms with Crippen LogP contribution in [0.25, 0.3) is 0 Å². The fraction of sp³-hybridized carbons (Fsp3) is 0.647. The third kappa shape index (κ3) is 3.73. The van der Waals surface area contributed by atoms with E-state index >= 15 is 0 Å². The minimum Gasteiger partial charge on any atom is -0.313 e. The van der Waals surface area contributed by atoms with Gasteiger partial charge in [-0.1, -0.05) is 43.0 Å². The summed E-state index contributed by atoms with van der Waals surface area (Å²) in [5, 5.41) is 4.64. The van der Waals surface area contributed by atoms with Crippen molar-refractivity contribution in [2.24, 2.45) is 5.41 Å². The van der Waals surface area contributed by atoms with Crippen molar-refractivity contribution in [3.63, 3.8) is 0 Å². The minimum absolute atomic E-state index is 0.478. The van der Waals surface area contributed by atoms with Crippen LogP contribution in [-0.2, 0) is 6.42 Å². The first kappa shape index (κ1) is 13.5. The summed E-state index contributed by atoms with van der Waals surface area (Å²) in [6.07, 6.45) is 10.9. The van der Waals surface area contributed by atoms with Crippen molar-refractivity contribution in [3.05, 3.63) is 34.9 Å². The second-order valence-corrected chi connectivity index (χ2v) is 6.96. The molecule has 0 aliphatic heterocycles. The van der Waals surface area contributed by atoms with Crippen LogP contribution in [0.2, 0.25) is 5.02 Å². The predicted molar refractivity (Wildman–Crippen MR) is 81.7 cm³/mol. The van der Waals surface area contributed by atoms with E-state index in [1.54, 1.807) is 0 Å². The van der Waals surface area contributed by atoms with Crippen LogP contribution in [0.5, 0.6) is 0 Å². The fourth-order valence-corrected chi connectivity index (χ4v) is 3.66. The molecule has 0 spiro atoms. The first-order valence-corrected chi connectivity index (χ1v) is 8.11. The third-order valence-corrected chi connectivity index (χ3v) is 4.96. The Balaban J connectivity index is 1.69. The molecule has 2 heteroatoms. The maximum Gasteiger partial charge on any atom is 0.0408 e. The highest BCUT2D eigenvalue weighted by atomic mass is 35.5. The van der Waals surface area contributed by atoms with E-state index in [0.29, 0.717) is 5.41 Å². The number of hydrogen-bond acceptors (Lipinski definition) is 1. The molecule has 19 heavy (non-hydrogen) atoms. The van der Waals surface area contributed by atoms with Gasteiger partial charge in [-0.05, 0) is 55.2 Å². The Bertz CT molecular complexity index is 419. The molecule has 1 aromatic rings. The van der Waals surface area contributed by atoms with Gasteiger partial charge in [0.25, 0.3) is 0 Å². The molecular formula is C17H24ClN. The molecule has 0 aromatic heterocycles. The van der Waals surface area contributed by atoms with Crippen molar-refractivity contribution in [2.45, 2.75) is 57.4 Å². The van der Waals surface area contributed by atoms with Crippen LogP contribution in [0.1, 0.15) is 50.5 Å². The van der Waals surface area contributed by atoms with Crippen LogP contribution in [0.3, 0.4) is 0 Å². The molecule has 0 atom stereocenters. The van der Waals surface area contributed by atoms with Crippen LogP contribution in [0, 0.1) is 5.41 Å². The zero-order valence-electron chi connectivity index (χ0n) is 11.6. The molecule has 0 heterocycles. The number of halogens is 1. The number of benzene rings is 1. The van der Waals surface area contributed by atoms with Gasteiger partial charge in [-0.15, -0.1) is 0 Å². The summed E-state index contributed by atoms with van der Waals surface area (Å²) < 4.78 is 0. The molecule has 0 radical (unpaired) electrons. The van der Waals surface area contributed by atoms with Gasteiger partial charge in [0, 0.05) is 17.6 Å². The van der Waals surface area contributed by atoms with E-state index in [-0.39, 0.29) is 0 Å². The van der Waals surface area contributed by atoms with Crippen molar-refractivity contribution in [1.82, 2.24) is 5.32 Å². The van der Waals surface area contributed by atoms with Gasteiger partial charge < -0.3 is 5.32 Å². The van der Waals surface area contributed by atoms with Crippen LogP contribution >= 0.6 is 11.6 Å². The smallest absolute Gasteiger partial charge is 0.0408 e. The Morgan fingerprint density at radius 1 is 1.16 bits per heavy atom. The number of rotatable bonds is 5. The summed E-state index contributed by atoms with van der Waals surface area (Å²) in [4.78, 5) is 0. The zero-order valence-corrected chi connectivity index (χ0v) is 12.4. The summed E-state index contributed by atoms with van der Waals surface area (Å²) in [5.41, 5.74) is 1.89. The largest absolute Gasteiger partial charge is 0.313 e. The first-order chi connectivity index (χ1) is 9.26. The van der Waals surface area contributed by atoms with Gasteiger partial charge in [-0.3, -0.25) is 0 Å². The van der Waals surface area contributed by atoms with E-state index in [9.17, 15) is 0 Å². The third-order valence-electron chi connectivity index (χ3n) is 4.73. The molecule has 1 nitrogen and oxygen atoms in total. The van der Waals surface area contributed by atoms with Gasteiger partial charge in [0.15, 0.2) is 0 Å². The Hall–Kier alpha value is -0.530. The van der Waals surface area contributed by atoms with Crippen LogP contribution in [-0.4, -0.2) is 12.6 Å². The van der Waals surface area contributed by atoms with E-state index in [0.717, 1.165) is 11.1 Å². The molecule has 104 valence electrons. The molecule has 0 bridgehead atoms. The Kier molecular flexibility index (Phi) is 4.14. The SMILES string of the molecule is Clc1cccc(CC2(CNC3CC3)CCCCC2)c1. The lowest BCUT2D eigenvalue weighted by Gasteiger charge is -2.38. The van der Waals surface area contributed by atoms with Gasteiger partial charge in [0.05, 0.1) is 0 Å². The van der Waals surface area contributed by atoms with E-state index in [2.05, 4.69) is 23.5 Å². The van der Waals surface area contributed by atoms with E-state index in [1.807, 2.05) is 6.07 Å². The Morgan fingerprint density at radius 2 is 1.95 bits per heavy atom. The average molecular weight is 278 g/mol. The molecule has 2 saturated carbocycles. The summed E-state index contributed by atoms with van der Waals surface area (Å²) in [7, 11) is 0. The second-order valence-electron chi connectivity index (χ2n) is 6.52. The molecule has 2 fully saturated rings. The zero-order chi connectivity index (χ0) is 13.1. The van der Waals surface area contributed by atoms with Crippen molar-refractivity contribution in [2.75, 3.05) is 6.54 Å². The highest BCUT2D eigenvalue weighted by Crippen LogP contribution is 2.39. The molecule has 0 amide bonds. The second kappa shape index (κ2) is 5.85. The van der Waals surface area contributed by atoms with Crippen molar-refractivity contribution >= 4 is 11.6 Å². The topological polar surface area (TPSA) is 12.0 Å².